The SMILES string of the molecule is C1CNCC(Cc2nc(C3CCCN3)no2)C1. The van der Waals surface area contributed by atoms with Gasteiger partial charge in [-0.25, -0.2) is 0 Å². The average molecular weight is 236 g/mol. The summed E-state index contributed by atoms with van der Waals surface area (Å²) in [5.41, 5.74) is 0. The summed E-state index contributed by atoms with van der Waals surface area (Å²) >= 11 is 0. The highest BCUT2D eigenvalue weighted by molar-refractivity contribution is 4.97. The maximum atomic E-state index is 5.35. The highest BCUT2D eigenvalue weighted by Gasteiger charge is 2.23. The van der Waals surface area contributed by atoms with Crippen LogP contribution in [0.3, 0.4) is 0 Å². The molecule has 5 nitrogen and oxygen atoms in total. The Bertz CT molecular complexity index is 353. The second-order valence-corrected chi connectivity index (χ2v) is 5.11. The van der Waals surface area contributed by atoms with E-state index in [1.165, 1.54) is 19.3 Å². The Kier molecular flexibility index (Phi) is 3.38. The van der Waals surface area contributed by atoms with Gasteiger partial charge in [0.05, 0.1) is 6.04 Å². The van der Waals surface area contributed by atoms with Gasteiger partial charge in [0.15, 0.2) is 5.82 Å². The van der Waals surface area contributed by atoms with Gasteiger partial charge in [-0.2, -0.15) is 4.98 Å². The zero-order chi connectivity index (χ0) is 11.5. The molecule has 2 unspecified atom stereocenters. The molecule has 1 aromatic rings. The zero-order valence-corrected chi connectivity index (χ0v) is 10.1. The minimum absolute atomic E-state index is 0.317. The lowest BCUT2D eigenvalue weighted by molar-refractivity contribution is 0.313. The van der Waals surface area contributed by atoms with E-state index in [1.54, 1.807) is 0 Å². The summed E-state index contributed by atoms with van der Waals surface area (Å²) < 4.78 is 5.35. The number of hydrogen-bond acceptors (Lipinski definition) is 5. The van der Waals surface area contributed by atoms with Crippen LogP contribution in [0.5, 0.6) is 0 Å². The highest BCUT2D eigenvalue weighted by Crippen LogP contribution is 2.21. The topological polar surface area (TPSA) is 63.0 Å². The van der Waals surface area contributed by atoms with E-state index in [1.807, 2.05) is 0 Å². The molecular weight excluding hydrogens is 216 g/mol. The molecule has 0 spiro atoms. The largest absolute Gasteiger partial charge is 0.339 e. The molecular formula is C12H20N4O. The van der Waals surface area contributed by atoms with Crippen molar-refractivity contribution in [2.24, 2.45) is 5.92 Å². The highest BCUT2D eigenvalue weighted by atomic mass is 16.5. The van der Waals surface area contributed by atoms with Crippen LogP contribution in [0.1, 0.15) is 43.4 Å². The van der Waals surface area contributed by atoms with Gasteiger partial charge in [-0.1, -0.05) is 5.16 Å². The number of aromatic nitrogens is 2. The molecule has 2 aliphatic heterocycles. The van der Waals surface area contributed by atoms with E-state index < -0.39 is 0 Å². The van der Waals surface area contributed by atoms with E-state index in [4.69, 9.17) is 4.52 Å². The first-order valence-corrected chi connectivity index (χ1v) is 6.68. The summed E-state index contributed by atoms with van der Waals surface area (Å²) in [6, 6.07) is 0.317. The molecule has 2 saturated heterocycles. The van der Waals surface area contributed by atoms with Gasteiger partial charge in [0.1, 0.15) is 0 Å². The minimum Gasteiger partial charge on any atom is -0.339 e. The first-order valence-electron chi connectivity index (χ1n) is 6.68. The van der Waals surface area contributed by atoms with Crippen LogP contribution >= 0.6 is 0 Å². The second kappa shape index (κ2) is 5.14. The van der Waals surface area contributed by atoms with Gasteiger partial charge in [0.2, 0.25) is 5.89 Å². The molecule has 2 N–H and O–H groups in total. The fourth-order valence-electron chi connectivity index (χ4n) is 2.74. The molecule has 0 aliphatic carbocycles. The zero-order valence-electron chi connectivity index (χ0n) is 10.1. The summed E-state index contributed by atoms with van der Waals surface area (Å²) in [4.78, 5) is 4.52. The number of hydrogen-bond donors (Lipinski definition) is 2. The Balaban J connectivity index is 1.59. The summed E-state index contributed by atoms with van der Waals surface area (Å²) in [7, 11) is 0. The third-order valence-electron chi connectivity index (χ3n) is 3.72. The van der Waals surface area contributed by atoms with Crippen LogP contribution in [0.15, 0.2) is 4.52 Å². The molecule has 3 heterocycles. The maximum absolute atomic E-state index is 5.35. The molecule has 0 amide bonds. The van der Waals surface area contributed by atoms with Gasteiger partial charge in [0.25, 0.3) is 0 Å². The predicted molar refractivity (Wildman–Crippen MR) is 63.6 cm³/mol. The molecule has 0 bridgehead atoms. The van der Waals surface area contributed by atoms with E-state index >= 15 is 0 Å². The van der Waals surface area contributed by atoms with Crippen LogP contribution in [0.4, 0.5) is 0 Å². The van der Waals surface area contributed by atoms with E-state index in [0.29, 0.717) is 12.0 Å². The quantitative estimate of drug-likeness (QED) is 0.821. The van der Waals surface area contributed by atoms with Crippen molar-refractivity contribution in [1.82, 2.24) is 20.8 Å². The van der Waals surface area contributed by atoms with Gasteiger partial charge < -0.3 is 15.2 Å². The van der Waals surface area contributed by atoms with Crippen molar-refractivity contribution in [3.05, 3.63) is 11.7 Å². The average Bonchev–Trinajstić information content (AvgIpc) is 3.00. The molecule has 17 heavy (non-hydrogen) atoms. The van der Waals surface area contributed by atoms with Crippen LogP contribution in [-0.4, -0.2) is 29.8 Å². The van der Waals surface area contributed by atoms with Gasteiger partial charge in [-0.05, 0) is 51.2 Å². The first kappa shape index (κ1) is 11.2. The summed E-state index contributed by atoms with van der Waals surface area (Å²) in [6.45, 7) is 3.30. The fourth-order valence-corrected chi connectivity index (χ4v) is 2.74. The van der Waals surface area contributed by atoms with Gasteiger partial charge in [0, 0.05) is 6.42 Å². The molecule has 2 fully saturated rings. The normalized spacial score (nSPS) is 29.6. The molecule has 2 atom stereocenters. The minimum atomic E-state index is 0.317. The van der Waals surface area contributed by atoms with Crippen molar-refractivity contribution < 1.29 is 4.52 Å². The Hall–Kier alpha value is -0.940. The number of rotatable bonds is 3. The molecule has 0 aromatic carbocycles. The fraction of sp³-hybridized carbons (Fsp3) is 0.833. The van der Waals surface area contributed by atoms with Crippen LogP contribution in [-0.2, 0) is 6.42 Å². The lowest BCUT2D eigenvalue weighted by atomic mass is 9.96. The van der Waals surface area contributed by atoms with Crippen molar-refractivity contribution in [3.8, 4) is 0 Å². The molecule has 94 valence electrons. The lowest BCUT2D eigenvalue weighted by Gasteiger charge is -2.20. The molecule has 2 aliphatic rings. The number of nitrogens with one attached hydrogen (secondary N) is 2. The Morgan fingerprint density at radius 3 is 2.94 bits per heavy atom. The predicted octanol–water partition coefficient (Wildman–Crippen LogP) is 1.04. The first-order chi connectivity index (χ1) is 8.42. The maximum Gasteiger partial charge on any atom is 0.227 e. The Morgan fingerprint density at radius 1 is 1.24 bits per heavy atom. The monoisotopic (exact) mass is 236 g/mol. The second-order valence-electron chi connectivity index (χ2n) is 5.11. The number of piperidine rings is 1. The van der Waals surface area contributed by atoms with Gasteiger partial charge in [-0.3, -0.25) is 0 Å². The van der Waals surface area contributed by atoms with Crippen LogP contribution in [0.25, 0.3) is 0 Å². The van der Waals surface area contributed by atoms with Crippen molar-refractivity contribution in [2.75, 3.05) is 19.6 Å². The smallest absolute Gasteiger partial charge is 0.227 e. The van der Waals surface area contributed by atoms with E-state index in [9.17, 15) is 0 Å². The third-order valence-corrected chi connectivity index (χ3v) is 3.72. The molecule has 3 rings (SSSR count). The van der Waals surface area contributed by atoms with Crippen molar-refractivity contribution in [2.45, 2.75) is 38.1 Å². The molecule has 0 saturated carbocycles. The number of nitrogens with zero attached hydrogens (tertiary/aromatic N) is 2. The van der Waals surface area contributed by atoms with Gasteiger partial charge >= 0.3 is 0 Å². The van der Waals surface area contributed by atoms with Crippen molar-refractivity contribution in [3.63, 3.8) is 0 Å². The summed E-state index contributed by atoms with van der Waals surface area (Å²) in [5, 5.41) is 10.9. The van der Waals surface area contributed by atoms with Gasteiger partial charge in [-0.15, -0.1) is 0 Å². The van der Waals surface area contributed by atoms with Crippen molar-refractivity contribution >= 4 is 0 Å². The van der Waals surface area contributed by atoms with Crippen LogP contribution in [0.2, 0.25) is 0 Å². The van der Waals surface area contributed by atoms with E-state index in [-0.39, 0.29) is 0 Å². The van der Waals surface area contributed by atoms with Crippen LogP contribution < -0.4 is 10.6 Å². The summed E-state index contributed by atoms with van der Waals surface area (Å²) in [6.07, 6.45) is 5.79. The lowest BCUT2D eigenvalue weighted by Crippen LogP contribution is -2.30. The van der Waals surface area contributed by atoms with Crippen molar-refractivity contribution in [1.29, 1.82) is 0 Å². The molecule has 5 heteroatoms. The molecule has 1 aromatic heterocycles. The third kappa shape index (κ3) is 2.66. The molecule has 0 radical (unpaired) electrons. The Morgan fingerprint density at radius 2 is 2.18 bits per heavy atom. The van der Waals surface area contributed by atoms with E-state index in [0.717, 1.165) is 44.2 Å². The van der Waals surface area contributed by atoms with E-state index in [2.05, 4.69) is 20.8 Å². The summed E-state index contributed by atoms with van der Waals surface area (Å²) in [5.74, 6) is 2.32. The Labute approximate surface area is 101 Å². The standard InChI is InChI=1S/C12H20N4O/c1-3-9(8-13-5-1)7-11-15-12(16-17-11)10-4-2-6-14-10/h9-10,13-14H,1-8H2. The van der Waals surface area contributed by atoms with Crippen LogP contribution in [0, 0.1) is 5.92 Å².